The second-order valence-electron chi connectivity index (χ2n) is 7.52. The third kappa shape index (κ3) is 6.65. The fraction of sp³-hybridized carbons (Fsp3) is 0.348. The summed E-state index contributed by atoms with van der Waals surface area (Å²) in [5.41, 5.74) is 3.21. The van der Waals surface area contributed by atoms with Crippen molar-refractivity contribution in [2.75, 3.05) is 43.4 Å². The van der Waals surface area contributed by atoms with Gasteiger partial charge in [0.15, 0.2) is 0 Å². The maximum atomic E-state index is 12.5. The summed E-state index contributed by atoms with van der Waals surface area (Å²) in [5, 5.41) is 2.93. The minimum absolute atomic E-state index is 0.172. The fourth-order valence-corrected chi connectivity index (χ4v) is 4.35. The maximum absolute atomic E-state index is 12.5. The zero-order chi connectivity index (χ0) is 22.3. The summed E-state index contributed by atoms with van der Waals surface area (Å²) in [6, 6.07) is 14.7. The number of amides is 1. The summed E-state index contributed by atoms with van der Waals surface area (Å²) in [4.78, 5) is 14.9. The zero-order valence-corrected chi connectivity index (χ0v) is 18.6. The van der Waals surface area contributed by atoms with Crippen LogP contribution in [0.4, 0.5) is 5.69 Å². The molecule has 8 heteroatoms. The molecule has 0 saturated carbocycles. The molecule has 0 atom stereocenters. The number of carbonyl (C=O) groups is 1. The zero-order valence-electron chi connectivity index (χ0n) is 17.8. The van der Waals surface area contributed by atoms with Crippen molar-refractivity contribution in [3.8, 4) is 0 Å². The number of sulfonamides is 1. The molecule has 0 spiro atoms. The van der Waals surface area contributed by atoms with E-state index in [1.165, 1.54) is 15.9 Å². The summed E-state index contributed by atoms with van der Waals surface area (Å²) in [6.07, 6.45) is 2.67. The van der Waals surface area contributed by atoms with Gasteiger partial charge >= 0.3 is 0 Å². The molecule has 2 aromatic carbocycles. The van der Waals surface area contributed by atoms with Gasteiger partial charge in [0.1, 0.15) is 0 Å². The summed E-state index contributed by atoms with van der Waals surface area (Å²) < 4.78 is 30.5. The standard InChI is InChI=1S/C23H29N3O4S/c1-3-11-26(31(2,28)29)22-9-7-21(8-10-22)23(27)24-17-19-5-4-6-20(16-19)18-25-12-14-30-15-13-25/h3-10,16H,1,11-15,17-18H2,2H3,(H,24,27). The second kappa shape index (κ2) is 10.6. The van der Waals surface area contributed by atoms with Gasteiger partial charge < -0.3 is 10.1 Å². The number of rotatable bonds is 9. The molecule has 166 valence electrons. The van der Waals surface area contributed by atoms with Crippen LogP contribution in [0.5, 0.6) is 0 Å². The predicted octanol–water partition coefficient (Wildman–Crippen LogP) is 2.40. The Kier molecular flexibility index (Phi) is 7.84. The van der Waals surface area contributed by atoms with Crippen LogP contribution in [0.2, 0.25) is 0 Å². The van der Waals surface area contributed by atoms with Crippen molar-refractivity contribution < 1.29 is 17.9 Å². The fourth-order valence-electron chi connectivity index (χ4n) is 3.47. The van der Waals surface area contributed by atoms with Gasteiger partial charge in [0.2, 0.25) is 10.0 Å². The Morgan fingerprint density at radius 3 is 2.48 bits per heavy atom. The number of anilines is 1. The van der Waals surface area contributed by atoms with E-state index in [0.717, 1.165) is 44.7 Å². The van der Waals surface area contributed by atoms with E-state index < -0.39 is 10.0 Å². The van der Waals surface area contributed by atoms with Gasteiger partial charge in [0.05, 0.1) is 31.7 Å². The molecule has 0 bridgehead atoms. The van der Waals surface area contributed by atoms with E-state index in [4.69, 9.17) is 4.74 Å². The molecule has 1 aliphatic rings. The van der Waals surface area contributed by atoms with E-state index in [0.29, 0.717) is 17.8 Å². The van der Waals surface area contributed by atoms with Crippen molar-refractivity contribution in [1.29, 1.82) is 0 Å². The summed E-state index contributed by atoms with van der Waals surface area (Å²) in [7, 11) is -3.42. The van der Waals surface area contributed by atoms with Gasteiger partial charge in [0.25, 0.3) is 5.91 Å². The number of morpholine rings is 1. The molecule has 2 aromatic rings. The van der Waals surface area contributed by atoms with Crippen LogP contribution in [0.15, 0.2) is 61.2 Å². The molecule has 7 nitrogen and oxygen atoms in total. The van der Waals surface area contributed by atoms with Gasteiger partial charge in [-0.2, -0.15) is 0 Å². The molecular weight excluding hydrogens is 414 g/mol. The lowest BCUT2D eigenvalue weighted by Gasteiger charge is -2.26. The Balaban J connectivity index is 1.59. The Bertz CT molecular complexity index is 1000. The SMILES string of the molecule is C=CCN(c1ccc(C(=O)NCc2cccc(CN3CCOCC3)c2)cc1)S(C)(=O)=O. The maximum Gasteiger partial charge on any atom is 0.251 e. The van der Waals surface area contributed by atoms with Crippen LogP contribution in [0, 0.1) is 0 Å². The summed E-state index contributed by atoms with van der Waals surface area (Å²) in [6.45, 7) is 8.46. The topological polar surface area (TPSA) is 79.0 Å². The molecule has 1 saturated heterocycles. The number of benzene rings is 2. The molecule has 1 amide bonds. The number of hydrogen-bond donors (Lipinski definition) is 1. The number of carbonyl (C=O) groups excluding carboxylic acids is 1. The molecule has 0 aliphatic carbocycles. The van der Waals surface area contributed by atoms with E-state index in [1.807, 2.05) is 12.1 Å². The van der Waals surface area contributed by atoms with Gasteiger partial charge in [-0.3, -0.25) is 14.0 Å². The Morgan fingerprint density at radius 2 is 1.84 bits per heavy atom. The quantitative estimate of drug-likeness (QED) is 0.602. The predicted molar refractivity (Wildman–Crippen MR) is 123 cm³/mol. The summed E-state index contributed by atoms with van der Waals surface area (Å²) in [5.74, 6) is -0.209. The smallest absolute Gasteiger partial charge is 0.251 e. The number of nitrogens with one attached hydrogen (secondary N) is 1. The first kappa shape index (κ1) is 23.0. The van der Waals surface area contributed by atoms with Crippen LogP contribution in [0.3, 0.4) is 0 Å². The van der Waals surface area contributed by atoms with E-state index in [-0.39, 0.29) is 12.5 Å². The lowest BCUT2D eigenvalue weighted by molar-refractivity contribution is 0.0342. The highest BCUT2D eigenvalue weighted by atomic mass is 32.2. The van der Waals surface area contributed by atoms with Crippen molar-refractivity contribution >= 4 is 21.6 Å². The molecule has 1 heterocycles. The third-order valence-corrected chi connectivity index (χ3v) is 6.23. The lowest BCUT2D eigenvalue weighted by atomic mass is 10.1. The van der Waals surface area contributed by atoms with Gasteiger partial charge in [-0.1, -0.05) is 30.3 Å². The largest absolute Gasteiger partial charge is 0.379 e. The van der Waals surface area contributed by atoms with Crippen LogP contribution >= 0.6 is 0 Å². The van der Waals surface area contributed by atoms with Crippen molar-refractivity contribution in [1.82, 2.24) is 10.2 Å². The van der Waals surface area contributed by atoms with Crippen LogP contribution in [-0.2, 0) is 27.8 Å². The Morgan fingerprint density at radius 1 is 1.16 bits per heavy atom. The van der Waals surface area contributed by atoms with Crippen LogP contribution in [0.1, 0.15) is 21.5 Å². The number of nitrogens with zero attached hydrogens (tertiary/aromatic N) is 2. The highest BCUT2D eigenvalue weighted by molar-refractivity contribution is 7.92. The van der Waals surface area contributed by atoms with Crippen molar-refractivity contribution in [3.05, 3.63) is 77.9 Å². The lowest BCUT2D eigenvalue weighted by Crippen LogP contribution is -2.35. The second-order valence-corrected chi connectivity index (χ2v) is 9.43. The van der Waals surface area contributed by atoms with Gasteiger partial charge in [0, 0.05) is 31.7 Å². The highest BCUT2D eigenvalue weighted by Gasteiger charge is 2.16. The molecular formula is C23H29N3O4S. The monoisotopic (exact) mass is 443 g/mol. The first-order chi connectivity index (χ1) is 14.9. The van der Waals surface area contributed by atoms with Crippen LogP contribution in [-0.4, -0.2) is 58.3 Å². The molecule has 0 radical (unpaired) electrons. The molecule has 0 aromatic heterocycles. The van der Waals surface area contributed by atoms with Gasteiger partial charge in [-0.25, -0.2) is 8.42 Å². The van der Waals surface area contributed by atoms with E-state index in [9.17, 15) is 13.2 Å². The third-order valence-electron chi connectivity index (χ3n) is 5.07. The minimum Gasteiger partial charge on any atom is -0.379 e. The van der Waals surface area contributed by atoms with Crippen molar-refractivity contribution in [2.24, 2.45) is 0 Å². The molecule has 3 rings (SSSR count). The van der Waals surface area contributed by atoms with Crippen molar-refractivity contribution in [3.63, 3.8) is 0 Å². The van der Waals surface area contributed by atoms with Crippen LogP contribution < -0.4 is 9.62 Å². The summed E-state index contributed by atoms with van der Waals surface area (Å²) >= 11 is 0. The molecule has 31 heavy (non-hydrogen) atoms. The van der Waals surface area contributed by atoms with Crippen molar-refractivity contribution in [2.45, 2.75) is 13.1 Å². The van der Waals surface area contributed by atoms with Gasteiger partial charge in [-0.15, -0.1) is 6.58 Å². The average molecular weight is 444 g/mol. The van der Waals surface area contributed by atoms with E-state index in [2.05, 4.69) is 28.9 Å². The Labute approximate surface area is 184 Å². The number of hydrogen-bond acceptors (Lipinski definition) is 5. The van der Waals surface area contributed by atoms with E-state index in [1.54, 1.807) is 24.3 Å². The molecule has 0 unspecified atom stereocenters. The average Bonchev–Trinajstić information content (AvgIpc) is 2.76. The minimum atomic E-state index is -3.42. The van der Waals surface area contributed by atoms with Gasteiger partial charge in [-0.05, 0) is 35.4 Å². The molecule has 1 aliphatic heterocycles. The first-order valence-electron chi connectivity index (χ1n) is 10.2. The molecule has 1 fully saturated rings. The van der Waals surface area contributed by atoms with Crippen LogP contribution in [0.25, 0.3) is 0 Å². The Hall–Kier alpha value is -2.68. The normalized spacial score (nSPS) is 14.7. The first-order valence-corrected chi connectivity index (χ1v) is 12.1. The molecule has 1 N–H and O–H groups in total. The number of ether oxygens (including phenoxy) is 1. The highest BCUT2D eigenvalue weighted by Crippen LogP contribution is 2.18. The van der Waals surface area contributed by atoms with E-state index >= 15 is 0 Å².